The highest BCUT2D eigenvalue weighted by Crippen LogP contribution is 2.31. The van der Waals surface area contributed by atoms with E-state index in [2.05, 4.69) is 10.2 Å². The van der Waals surface area contributed by atoms with Crippen molar-refractivity contribution < 1.29 is 4.79 Å². The topological polar surface area (TPSA) is 62.8 Å². The van der Waals surface area contributed by atoms with E-state index in [4.69, 9.17) is 34.8 Å². The highest BCUT2D eigenvalue weighted by Gasteiger charge is 2.20. The van der Waals surface area contributed by atoms with Crippen LogP contribution in [-0.2, 0) is 6.42 Å². The molecule has 126 valence electrons. The molecule has 0 bridgehead atoms. The molecule has 0 saturated heterocycles. The second-order valence-corrected chi connectivity index (χ2v) is 6.54. The molecule has 0 atom stereocenters. The Kier molecular flexibility index (Phi) is 5.23. The van der Waals surface area contributed by atoms with Gasteiger partial charge in [0.25, 0.3) is 5.56 Å². The summed E-state index contributed by atoms with van der Waals surface area (Å²) in [5, 5.41) is 7.02. The number of carbonyl (C=O) groups excluding carboxylic acids is 1. The standard InChI is InChI=1S/C18H11Cl3N2O2/c19-13-4-1-10(2-5-13)17(24)15-14(20)6-3-11(16(15)21)9-12-7-8-22-23-18(12)25/h1-8H,9H2,(H,23,25). The number of carbonyl (C=O) groups is 1. The van der Waals surface area contributed by atoms with Gasteiger partial charge in [0.15, 0.2) is 5.78 Å². The summed E-state index contributed by atoms with van der Waals surface area (Å²) in [5.41, 5.74) is 1.43. The molecule has 0 aliphatic rings. The molecule has 0 amide bonds. The van der Waals surface area contributed by atoms with Gasteiger partial charge in [-0.3, -0.25) is 9.59 Å². The Labute approximate surface area is 158 Å². The van der Waals surface area contributed by atoms with Crippen LogP contribution in [0.1, 0.15) is 27.0 Å². The largest absolute Gasteiger partial charge is 0.288 e. The van der Waals surface area contributed by atoms with Crippen molar-refractivity contribution in [1.82, 2.24) is 10.2 Å². The predicted octanol–water partition coefficient (Wildman–Crippen LogP) is 4.55. The van der Waals surface area contributed by atoms with Crippen molar-refractivity contribution in [3.63, 3.8) is 0 Å². The average molecular weight is 394 g/mol. The number of ketones is 1. The molecule has 0 aliphatic heterocycles. The van der Waals surface area contributed by atoms with Crippen molar-refractivity contribution in [2.45, 2.75) is 6.42 Å². The number of nitrogens with one attached hydrogen (secondary N) is 1. The summed E-state index contributed by atoms with van der Waals surface area (Å²) >= 11 is 18.5. The summed E-state index contributed by atoms with van der Waals surface area (Å²) in [6.45, 7) is 0. The van der Waals surface area contributed by atoms with Crippen LogP contribution in [0.25, 0.3) is 0 Å². The van der Waals surface area contributed by atoms with Gasteiger partial charge >= 0.3 is 0 Å². The Morgan fingerprint density at radius 3 is 2.36 bits per heavy atom. The van der Waals surface area contributed by atoms with Gasteiger partial charge in [-0.2, -0.15) is 5.10 Å². The van der Waals surface area contributed by atoms with E-state index < -0.39 is 0 Å². The normalized spacial score (nSPS) is 10.7. The number of nitrogens with zero attached hydrogens (tertiary/aromatic N) is 1. The zero-order chi connectivity index (χ0) is 18.0. The van der Waals surface area contributed by atoms with Crippen LogP contribution in [0.3, 0.4) is 0 Å². The lowest BCUT2D eigenvalue weighted by Crippen LogP contribution is -2.14. The fraction of sp³-hybridized carbons (Fsp3) is 0.0556. The molecule has 3 aromatic rings. The van der Waals surface area contributed by atoms with Gasteiger partial charge < -0.3 is 0 Å². The first kappa shape index (κ1) is 17.7. The van der Waals surface area contributed by atoms with E-state index >= 15 is 0 Å². The summed E-state index contributed by atoms with van der Waals surface area (Å²) in [7, 11) is 0. The fourth-order valence-electron chi connectivity index (χ4n) is 2.40. The molecule has 4 nitrogen and oxygen atoms in total. The molecule has 0 saturated carbocycles. The van der Waals surface area contributed by atoms with Crippen LogP contribution >= 0.6 is 34.8 Å². The molecule has 0 fully saturated rings. The minimum absolute atomic E-state index is 0.202. The van der Waals surface area contributed by atoms with Crippen molar-refractivity contribution >= 4 is 40.6 Å². The van der Waals surface area contributed by atoms with Gasteiger partial charge in [-0.25, -0.2) is 5.10 Å². The van der Waals surface area contributed by atoms with Crippen LogP contribution in [0.5, 0.6) is 0 Å². The molecule has 1 heterocycles. The molecule has 0 spiro atoms. The molecule has 1 aromatic heterocycles. The van der Waals surface area contributed by atoms with Crippen LogP contribution in [0.4, 0.5) is 0 Å². The lowest BCUT2D eigenvalue weighted by atomic mass is 9.98. The number of aromatic amines is 1. The lowest BCUT2D eigenvalue weighted by molar-refractivity contribution is 0.103. The van der Waals surface area contributed by atoms with Gasteiger partial charge in [-0.15, -0.1) is 0 Å². The second-order valence-electron chi connectivity index (χ2n) is 5.32. The first-order valence-corrected chi connectivity index (χ1v) is 8.40. The van der Waals surface area contributed by atoms with Gasteiger partial charge in [-0.1, -0.05) is 40.9 Å². The molecule has 3 rings (SSSR count). The van der Waals surface area contributed by atoms with Crippen molar-refractivity contribution in [2.24, 2.45) is 0 Å². The molecular weight excluding hydrogens is 383 g/mol. The van der Waals surface area contributed by atoms with Gasteiger partial charge in [0.1, 0.15) is 0 Å². The Hall–Kier alpha value is -2.14. The third-order valence-electron chi connectivity index (χ3n) is 3.69. The maximum atomic E-state index is 12.8. The zero-order valence-corrected chi connectivity index (χ0v) is 15.0. The molecule has 0 radical (unpaired) electrons. The number of rotatable bonds is 4. The van der Waals surface area contributed by atoms with Gasteiger partial charge in [0.05, 0.1) is 15.6 Å². The number of hydrogen-bond donors (Lipinski definition) is 1. The highest BCUT2D eigenvalue weighted by atomic mass is 35.5. The molecule has 0 aliphatic carbocycles. The summed E-state index contributed by atoms with van der Waals surface area (Å²) in [6, 6.07) is 11.4. The Balaban J connectivity index is 2.03. The summed E-state index contributed by atoms with van der Waals surface area (Å²) in [4.78, 5) is 24.6. The summed E-state index contributed by atoms with van der Waals surface area (Å²) < 4.78 is 0. The van der Waals surface area contributed by atoms with E-state index in [1.54, 1.807) is 42.5 Å². The minimum atomic E-state index is -0.308. The van der Waals surface area contributed by atoms with E-state index in [1.165, 1.54) is 6.20 Å². The van der Waals surface area contributed by atoms with Crippen molar-refractivity contribution in [1.29, 1.82) is 0 Å². The monoisotopic (exact) mass is 392 g/mol. The van der Waals surface area contributed by atoms with Crippen LogP contribution < -0.4 is 5.56 Å². The quantitative estimate of drug-likeness (QED) is 0.661. The number of aromatic nitrogens is 2. The number of benzene rings is 2. The average Bonchev–Trinajstić information content (AvgIpc) is 2.60. The third kappa shape index (κ3) is 3.76. The van der Waals surface area contributed by atoms with Crippen molar-refractivity contribution in [3.05, 3.63) is 96.3 Å². The maximum Gasteiger partial charge on any atom is 0.267 e. The molecule has 1 N–H and O–H groups in total. The van der Waals surface area contributed by atoms with Crippen LogP contribution in [-0.4, -0.2) is 16.0 Å². The van der Waals surface area contributed by atoms with Gasteiger partial charge in [0.2, 0.25) is 0 Å². The maximum absolute atomic E-state index is 12.8. The van der Waals surface area contributed by atoms with Crippen molar-refractivity contribution in [3.8, 4) is 0 Å². The lowest BCUT2D eigenvalue weighted by Gasteiger charge is -2.11. The van der Waals surface area contributed by atoms with E-state index in [0.29, 0.717) is 21.7 Å². The molecule has 7 heteroatoms. The number of hydrogen-bond acceptors (Lipinski definition) is 3. The van der Waals surface area contributed by atoms with Crippen LogP contribution in [0.2, 0.25) is 15.1 Å². The number of halogens is 3. The smallest absolute Gasteiger partial charge is 0.267 e. The Bertz CT molecular complexity index is 998. The summed E-state index contributed by atoms with van der Waals surface area (Å²) in [5.74, 6) is -0.308. The molecule has 25 heavy (non-hydrogen) atoms. The molecule has 2 aromatic carbocycles. The highest BCUT2D eigenvalue weighted by molar-refractivity contribution is 6.41. The third-order valence-corrected chi connectivity index (χ3v) is 4.69. The summed E-state index contributed by atoms with van der Waals surface area (Å²) in [6.07, 6.45) is 1.75. The zero-order valence-electron chi connectivity index (χ0n) is 12.7. The van der Waals surface area contributed by atoms with E-state index in [9.17, 15) is 9.59 Å². The van der Waals surface area contributed by atoms with Gasteiger partial charge in [0, 0.05) is 28.8 Å². The predicted molar refractivity (Wildman–Crippen MR) is 99.0 cm³/mol. The van der Waals surface area contributed by atoms with Crippen molar-refractivity contribution in [2.75, 3.05) is 0 Å². The minimum Gasteiger partial charge on any atom is -0.288 e. The van der Waals surface area contributed by atoms with E-state index in [-0.39, 0.29) is 33.4 Å². The van der Waals surface area contributed by atoms with Crippen LogP contribution in [0, 0.1) is 0 Å². The van der Waals surface area contributed by atoms with Gasteiger partial charge in [-0.05, 0) is 42.0 Å². The second kappa shape index (κ2) is 7.40. The Morgan fingerprint density at radius 1 is 0.960 bits per heavy atom. The molecule has 0 unspecified atom stereocenters. The first-order valence-electron chi connectivity index (χ1n) is 7.27. The Morgan fingerprint density at radius 2 is 1.68 bits per heavy atom. The SMILES string of the molecule is O=C(c1ccc(Cl)cc1)c1c(Cl)ccc(Cc2ccn[nH]c2=O)c1Cl. The first-order chi connectivity index (χ1) is 12.0. The number of H-pyrrole nitrogens is 1. The fourth-order valence-corrected chi connectivity index (χ4v) is 3.14. The molecular formula is C18H11Cl3N2O2. The van der Waals surface area contributed by atoms with E-state index in [0.717, 1.165) is 0 Å². The van der Waals surface area contributed by atoms with E-state index in [1.807, 2.05) is 0 Å². The van der Waals surface area contributed by atoms with Crippen LogP contribution in [0.15, 0.2) is 53.5 Å².